The molecule has 1 spiro atoms. The van der Waals surface area contributed by atoms with Crippen LogP contribution in [0.1, 0.15) is 33.4 Å². The molecule has 0 radical (unpaired) electrons. The predicted molar refractivity (Wildman–Crippen MR) is 220 cm³/mol. The molecule has 2 nitrogen and oxygen atoms in total. The summed E-state index contributed by atoms with van der Waals surface area (Å²) in [5.41, 5.74) is 18.5. The molecule has 0 aromatic heterocycles. The molecule has 1 N–H and O–H groups in total. The molecule has 1 aliphatic carbocycles. The van der Waals surface area contributed by atoms with Gasteiger partial charge in [0.2, 0.25) is 0 Å². The first-order valence-electron chi connectivity index (χ1n) is 18.5. The Labute approximate surface area is 311 Å². The second kappa shape index (κ2) is 12.9. The number of nitrogens with one attached hydrogen (secondary N) is 1. The molecular formula is C51H38N2. The molecule has 2 heteroatoms. The second-order valence-electron chi connectivity index (χ2n) is 14.1. The molecule has 252 valence electrons. The molecule has 1 heterocycles. The number of rotatable bonds is 7. The Bertz CT molecular complexity index is 2560. The van der Waals surface area contributed by atoms with Crippen LogP contribution in [-0.2, 0) is 18.5 Å². The third-order valence-electron chi connectivity index (χ3n) is 11.1. The Kier molecular flexibility index (Phi) is 7.63. The van der Waals surface area contributed by atoms with Crippen LogP contribution in [0.3, 0.4) is 0 Å². The fourth-order valence-corrected chi connectivity index (χ4v) is 8.91. The summed E-state index contributed by atoms with van der Waals surface area (Å²) < 4.78 is 0. The van der Waals surface area contributed by atoms with Crippen molar-refractivity contribution >= 4 is 17.1 Å². The van der Waals surface area contributed by atoms with Gasteiger partial charge in [-0.3, -0.25) is 0 Å². The number of hydrogen-bond donors (Lipinski definition) is 1. The van der Waals surface area contributed by atoms with Crippen molar-refractivity contribution < 1.29 is 0 Å². The minimum Gasteiger partial charge on any atom is -0.310 e. The van der Waals surface area contributed by atoms with Gasteiger partial charge < -0.3 is 10.2 Å². The van der Waals surface area contributed by atoms with Crippen LogP contribution in [0, 0.1) is 0 Å². The summed E-state index contributed by atoms with van der Waals surface area (Å²) in [6.45, 7) is 1.65. The first kappa shape index (κ1) is 31.3. The van der Waals surface area contributed by atoms with E-state index in [1.54, 1.807) is 0 Å². The van der Waals surface area contributed by atoms with Crippen molar-refractivity contribution in [1.29, 1.82) is 0 Å². The Morgan fingerprint density at radius 2 is 0.868 bits per heavy atom. The first-order chi connectivity index (χ1) is 26.3. The van der Waals surface area contributed by atoms with E-state index in [4.69, 9.17) is 0 Å². The van der Waals surface area contributed by atoms with Crippen molar-refractivity contribution in [2.24, 2.45) is 0 Å². The minimum absolute atomic E-state index is 0.486. The minimum atomic E-state index is -0.486. The van der Waals surface area contributed by atoms with E-state index in [0.29, 0.717) is 0 Å². The molecule has 53 heavy (non-hydrogen) atoms. The standard InChI is InChI=1S/C51H38N2/c1-3-16-36(17-4-1)34-52-35-37-18-15-19-38(32-37)41-22-7-8-23-42(41)39-30-31-44-43-24-9-10-25-45(43)51(48(44)33-39)46-26-11-13-28-49(46)53(40-20-5-2-6-21-40)50-29-14-12-27-47(50)51/h1-33,52H,34-35H2. The van der Waals surface area contributed by atoms with Crippen LogP contribution >= 0.6 is 0 Å². The Hall–Kier alpha value is -6.48. The zero-order valence-corrected chi connectivity index (χ0v) is 29.4. The molecule has 0 atom stereocenters. The van der Waals surface area contributed by atoms with E-state index in [9.17, 15) is 0 Å². The highest BCUT2D eigenvalue weighted by molar-refractivity contribution is 5.97. The zero-order chi connectivity index (χ0) is 35.2. The van der Waals surface area contributed by atoms with Crippen molar-refractivity contribution in [2.75, 3.05) is 4.90 Å². The van der Waals surface area contributed by atoms with Crippen molar-refractivity contribution in [2.45, 2.75) is 18.5 Å². The lowest BCUT2D eigenvalue weighted by Gasteiger charge is -2.45. The van der Waals surface area contributed by atoms with Gasteiger partial charge in [-0.25, -0.2) is 0 Å². The molecule has 2 aliphatic rings. The van der Waals surface area contributed by atoms with Gasteiger partial charge >= 0.3 is 0 Å². The van der Waals surface area contributed by atoms with E-state index in [1.807, 2.05) is 0 Å². The number of para-hydroxylation sites is 3. The lowest BCUT2D eigenvalue weighted by molar-refractivity contribution is 0.693. The average Bonchev–Trinajstić information content (AvgIpc) is 3.52. The van der Waals surface area contributed by atoms with E-state index < -0.39 is 5.41 Å². The van der Waals surface area contributed by atoms with Gasteiger partial charge in [0.1, 0.15) is 0 Å². The summed E-state index contributed by atoms with van der Waals surface area (Å²) >= 11 is 0. The summed E-state index contributed by atoms with van der Waals surface area (Å²) in [5, 5.41) is 3.64. The normalized spacial score (nSPS) is 13.2. The van der Waals surface area contributed by atoms with E-state index in [0.717, 1.165) is 18.8 Å². The highest BCUT2D eigenvalue weighted by atomic mass is 15.2. The van der Waals surface area contributed by atoms with Crippen molar-refractivity contribution in [3.63, 3.8) is 0 Å². The van der Waals surface area contributed by atoms with Gasteiger partial charge in [-0.2, -0.15) is 0 Å². The molecule has 0 unspecified atom stereocenters. The summed E-state index contributed by atoms with van der Waals surface area (Å²) in [6, 6.07) is 73.6. The summed E-state index contributed by atoms with van der Waals surface area (Å²) in [4.78, 5) is 2.44. The van der Waals surface area contributed by atoms with E-state index in [1.165, 1.54) is 78.1 Å². The van der Waals surface area contributed by atoms with Crippen LogP contribution in [0.5, 0.6) is 0 Å². The molecule has 1 aliphatic heterocycles. The number of nitrogens with zero attached hydrogens (tertiary/aromatic N) is 1. The maximum atomic E-state index is 3.64. The Morgan fingerprint density at radius 3 is 1.57 bits per heavy atom. The van der Waals surface area contributed by atoms with Crippen molar-refractivity contribution in [3.05, 3.63) is 234 Å². The van der Waals surface area contributed by atoms with Crippen LogP contribution in [0.15, 0.2) is 200 Å². The van der Waals surface area contributed by atoms with Gasteiger partial charge in [-0.15, -0.1) is 0 Å². The molecule has 8 aromatic carbocycles. The topological polar surface area (TPSA) is 15.3 Å². The van der Waals surface area contributed by atoms with E-state index >= 15 is 0 Å². The third kappa shape index (κ3) is 5.06. The summed E-state index contributed by atoms with van der Waals surface area (Å²) in [5.74, 6) is 0. The molecule has 0 fully saturated rings. The maximum Gasteiger partial charge on any atom is 0.0754 e. The number of hydrogen-bond acceptors (Lipinski definition) is 2. The molecule has 0 saturated heterocycles. The zero-order valence-electron chi connectivity index (χ0n) is 29.4. The van der Waals surface area contributed by atoms with Crippen LogP contribution in [0.4, 0.5) is 17.1 Å². The Morgan fingerprint density at radius 1 is 0.358 bits per heavy atom. The quantitative estimate of drug-likeness (QED) is 0.180. The van der Waals surface area contributed by atoms with Crippen molar-refractivity contribution in [1.82, 2.24) is 5.32 Å². The lowest BCUT2D eigenvalue weighted by atomic mass is 9.64. The average molecular weight is 679 g/mol. The Balaban J connectivity index is 1.13. The third-order valence-corrected chi connectivity index (χ3v) is 11.1. The van der Waals surface area contributed by atoms with Crippen LogP contribution in [0.2, 0.25) is 0 Å². The monoisotopic (exact) mass is 678 g/mol. The second-order valence-corrected chi connectivity index (χ2v) is 14.1. The van der Waals surface area contributed by atoms with E-state index in [2.05, 4.69) is 210 Å². The number of anilines is 3. The fraction of sp³-hybridized carbons (Fsp3) is 0.0588. The molecule has 0 bridgehead atoms. The largest absolute Gasteiger partial charge is 0.310 e. The van der Waals surface area contributed by atoms with Crippen LogP contribution in [0.25, 0.3) is 33.4 Å². The highest BCUT2D eigenvalue weighted by Crippen LogP contribution is 2.63. The van der Waals surface area contributed by atoms with Gasteiger partial charge in [-0.05, 0) is 103 Å². The van der Waals surface area contributed by atoms with Gasteiger partial charge in [0.05, 0.1) is 16.8 Å². The highest BCUT2D eigenvalue weighted by Gasteiger charge is 2.51. The molecule has 8 aromatic rings. The first-order valence-corrected chi connectivity index (χ1v) is 18.5. The van der Waals surface area contributed by atoms with Gasteiger partial charge in [0.25, 0.3) is 0 Å². The fourth-order valence-electron chi connectivity index (χ4n) is 8.91. The summed E-state index contributed by atoms with van der Waals surface area (Å²) in [6.07, 6.45) is 0. The molecule has 0 amide bonds. The number of benzene rings is 8. The molecular weight excluding hydrogens is 641 g/mol. The SMILES string of the molecule is c1ccc(CNCc2cccc(-c3ccccc3-c3ccc4c(c3)C3(c5ccccc5-4)c4ccccc4N(c4ccccc4)c4ccccc43)c2)cc1. The summed E-state index contributed by atoms with van der Waals surface area (Å²) in [7, 11) is 0. The van der Waals surface area contributed by atoms with Gasteiger partial charge in [0, 0.05) is 18.8 Å². The van der Waals surface area contributed by atoms with Crippen LogP contribution < -0.4 is 10.2 Å². The van der Waals surface area contributed by atoms with Gasteiger partial charge in [-0.1, -0.05) is 164 Å². The maximum absolute atomic E-state index is 3.64. The molecule has 10 rings (SSSR count). The van der Waals surface area contributed by atoms with E-state index in [-0.39, 0.29) is 0 Å². The van der Waals surface area contributed by atoms with Crippen LogP contribution in [-0.4, -0.2) is 0 Å². The van der Waals surface area contributed by atoms with Gasteiger partial charge in [0.15, 0.2) is 0 Å². The lowest BCUT2D eigenvalue weighted by Crippen LogP contribution is -2.36. The smallest absolute Gasteiger partial charge is 0.0754 e. The van der Waals surface area contributed by atoms with Crippen molar-refractivity contribution in [3.8, 4) is 33.4 Å². The predicted octanol–water partition coefficient (Wildman–Crippen LogP) is 12.5. The molecule has 0 saturated carbocycles. The number of fused-ring (bicyclic) bond motifs is 9.